The summed E-state index contributed by atoms with van der Waals surface area (Å²) in [5, 5.41) is 5.50. The predicted octanol–water partition coefficient (Wildman–Crippen LogP) is 4.64. The fourth-order valence-electron chi connectivity index (χ4n) is 3.34. The summed E-state index contributed by atoms with van der Waals surface area (Å²) in [7, 11) is 3.07. The van der Waals surface area contributed by atoms with Gasteiger partial charge in [0.1, 0.15) is 29.7 Å². The first-order chi connectivity index (χ1) is 16.1. The van der Waals surface area contributed by atoms with Crippen molar-refractivity contribution in [3.8, 4) is 22.6 Å². The van der Waals surface area contributed by atoms with Gasteiger partial charge in [0.15, 0.2) is 0 Å². The first-order valence-electron chi connectivity index (χ1n) is 10.9. The summed E-state index contributed by atoms with van der Waals surface area (Å²) in [5.74, 6) is 0.473. The van der Waals surface area contributed by atoms with E-state index in [1.54, 1.807) is 39.8 Å². The Bertz CT molecular complexity index is 972. The van der Waals surface area contributed by atoms with Gasteiger partial charge in [-0.1, -0.05) is 29.4 Å². The zero-order chi connectivity index (χ0) is 25.3. The van der Waals surface area contributed by atoms with Crippen molar-refractivity contribution >= 4 is 12.1 Å². The fraction of sp³-hybridized carbons (Fsp3) is 0.440. The normalized spacial score (nSPS) is 11.8. The number of hydrogen-bond acceptors (Lipinski definition) is 8. The number of alkyl carbamates (subject to hydrolysis) is 1. The average Bonchev–Trinajstić information content (AvgIpc) is 2.77. The van der Waals surface area contributed by atoms with E-state index in [1.807, 2.05) is 24.3 Å². The fourth-order valence-corrected chi connectivity index (χ4v) is 3.34. The maximum atomic E-state index is 12.5. The first-order valence-corrected chi connectivity index (χ1v) is 10.9. The summed E-state index contributed by atoms with van der Waals surface area (Å²) in [6.07, 6.45) is -0.583. The number of methoxy groups -OCH3 is 2. The largest absolute Gasteiger partial charge is 0.496 e. The summed E-state index contributed by atoms with van der Waals surface area (Å²) in [6.45, 7) is 7.17. The maximum Gasteiger partial charge on any atom is 0.408 e. The third-order valence-electron chi connectivity index (χ3n) is 4.76. The maximum absolute atomic E-state index is 12.5. The van der Waals surface area contributed by atoms with Crippen LogP contribution >= 0.6 is 0 Å². The molecule has 0 spiro atoms. The molecular formula is C25H32N2O7. The Morgan fingerprint density at radius 1 is 1.00 bits per heavy atom. The number of nitroso groups, excluding NO2 is 1. The van der Waals surface area contributed by atoms with Crippen LogP contribution in [0.15, 0.2) is 41.6 Å². The first kappa shape index (κ1) is 26.6. The number of rotatable bonds is 10. The van der Waals surface area contributed by atoms with Crippen LogP contribution in [0.2, 0.25) is 0 Å². The Balaban J connectivity index is 2.39. The Kier molecular flexibility index (Phi) is 9.41. The number of carbonyl (C=O) groups excluding carboxylic acids is 2. The van der Waals surface area contributed by atoms with Gasteiger partial charge in [-0.15, -0.1) is 0 Å². The van der Waals surface area contributed by atoms with Crippen molar-refractivity contribution in [2.45, 2.75) is 52.3 Å². The summed E-state index contributed by atoms with van der Waals surface area (Å²) in [5.41, 5.74) is 2.30. The molecule has 0 aliphatic heterocycles. The van der Waals surface area contributed by atoms with E-state index in [1.165, 1.54) is 14.2 Å². The molecule has 1 N–H and O–H groups in total. The van der Waals surface area contributed by atoms with Gasteiger partial charge in [0.25, 0.3) is 0 Å². The van der Waals surface area contributed by atoms with E-state index in [-0.39, 0.29) is 19.6 Å². The summed E-state index contributed by atoms with van der Waals surface area (Å²) < 4.78 is 21.7. The number of amides is 1. The Morgan fingerprint density at radius 2 is 1.59 bits per heavy atom. The van der Waals surface area contributed by atoms with Gasteiger partial charge >= 0.3 is 12.1 Å². The monoisotopic (exact) mass is 472 g/mol. The van der Waals surface area contributed by atoms with Gasteiger partial charge in [-0.2, -0.15) is 4.91 Å². The van der Waals surface area contributed by atoms with E-state index in [2.05, 4.69) is 10.5 Å². The third kappa shape index (κ3) is 7.47. The van der Waals surface area contributed by atoms with Crippen LogP contribution in [0.5, 0.6) is 11.5 Å². The van der Waals surface area contributed by atoms with Gasteiger partial charge in [0, 0.05) is 6.42 Å². The van der Waals surface area contributed by atoms with Crippen LogP contribution in [0.3, 0.4) is 0 Å². The van der Waals surface area contributed by atoms with E-state index >= 15 is 0 Å². The number of benzene rings is 2. The zero-order valence-electron chi connectivity index (χ0n) is 20.5. The van der Waals surface area contributed by atoms with Crippen molar-refractivity contribution in [2.24, 2.45) is 5.18 Å². The van der Waals surface area contributed by atoms with Crippen LogP contribution in [-0.4, -0.2) is 44.5 Å². The topological polar surface area (TPSA) is 113 Å². The number of nitrogens with one attached hydrogen (secondary N) is 1. The Labute approximate surface area is 199 Å². The minimum atomic E-state index is -0.967. The molecule has 0 aliphatic carbocycles. The zero-order valence-corrected chi connectivity index (χ0v) is 20.5. The number of esters is 1. The van der Waals surface area contributed by atoms with Gasteiger partial charge in [0.05, 0.1) is 26.4 Å². The highest BCUT2D eigenvalue weighted by Crippen LogP contribution is 2.40. The molecule has 0 radical (unpaired) electrons. The highest BCUT2D eigenvalue weighted by molar-refractivity contribution is 5.82. The highest BCUT2D eigenvalue weighted by atomic mass is 16.6. The molecule has 2 aromatic carbocycles. The summed E-state index contributed by atoms with van der Waals surface area (Å²) in [4.78, 5) is 35.4. The molecule has 0 bridgehead atoms. The molecule has 0 aromatic heterocycles. The molecule has 2 rings (SSSR count). The standard InChI is InChI=1S/C25H32N2O7/c1-7-33-23(28)19(27-24(29)34-25(2,3)4)12-17-13-20(31-5)22(21(14-17)32-6)18-10-8-16(9-11-18)15-26-30/h8-11,13-14,19H,7,12,15H2,1-6H3,(H,27,29)/t19-/m0/s1. The summed E-state index contributed by atoms with van der Waals surface area (Å²) in [6, 6.07) is 9.92. The van der Waals surface area contributed by atoms with Gasteiger partial charge in [0.2, 0.25) is 0 Å². The van der Waals surface area contributed by atoms with Crippen molar-refractivity contribution in [3.63, 3.8) is 0 Å². The van der Waals surface area contributed by atoms with Gasteiger partial charge in [-0.25, -0.2) is 9.59 Å². The molecule has 0 heterocycles. The lowest BCUT2D eigenvalue weighted by Crippen LogP contribution is -2.45. The molecule has 1 amide bonds. The minimum Gasteiger partial charge on any atom is -0.496 e. The molecule has 9 nitrogen and oxygen atoms in total. The highest BCUT2D eigenvalue weighted by Gasteiger charge is 2.27. The second kappa shape index (κ2) is 12.0. The van der Waals surface area contributed by atoms with Crippen LogP contribution in [-0.2, 0) is 27.2 Å². The summed E-state index contributed by atoms with van der Waals surface area (Å²) >= 11 is 0. The van der Waals surface area contributed by atoms with Crippen molar-refractivity contribution in [1.29, 1.82) is 0 Å². The Hall–Kier alpha value is -3.62. The molecule has 0 saturated heterocycles. The molecule has 2 aromatic rings. The molecule has 34 heavy (non-hydrogen) atoms. The number of ether oxygens (including phenoxy) is 4. The van der Waals surface area contributed by atoms with Crippen molar-refractivity contribution < 1.29 is 28.5 Å². The second-order valence-corrected chi connectivity index (χ2v) is 8.51. The number of carbonyl (C=O) groups is 2. The average molecular weight is 473 g/mol. The third-order valence-corrected chi connectivity index (χ3v) is 4.76. The number of nitrogens with zero attached hydrogens (tertiary/aromatic N) is 1. The molecule has 0 unspecified atom stereocenters. The minimum absolute atomic E-state index is 0.0907. The lowest BCUT2D eigenvalue weighted by atomic mass is 9.97. The van der Waals surface area contributed by atoms with E-state index in [0.29, 0.717) is 22.6 Å². The van der Waals surface area contributed by atoms with Crippen LogP contribution in [0, 0.1) is 4.91 Å². The molecule has 184 valence electrons. The molecule has 0 saturated carbocycles. The van der Waals surface area contributed by atoms with E-state index < -0.39 is 23.7 Å². The van der Waals surface area contributed by atoms with Crippen molar-refractivity contribution in [1.82, 2.24) is 5.32 Å². The lowest BCUT2D eigenvalue weighted by Gasteiger charge is -2.23. The molecule has 0 fully saturated rings. The smallest absolute Gasteiger partial charge is 0.408 e. The number of hydrogen-bond donors (Lipinski definition) is 1. The molecule has 9 heteroatoms. The lowest BCUT2D eigenvalue weighted by molar-refractivity contribution is -0.145. The molecular weight excluding hydrogens is 440 g/mol. The van der Waals surface area contributed by atoms with Crippen molar-refractivity contribution in [2.75, 3.05) is 20.8 Å². The van der Waals surface area contributed by atoms with E-state index in [0.717, 1.165) is 11.1 Å². The van der Waals surface area contributed by atoms with Crippen molar-refractivity contribution in [3.05, 3.63) is 52.4 Å². The SMILES string of the molecule is CCOC(=O)[C@H](Cc1cc(OC)c(-c2ccc(CN=O)cc2)c(OC)c1)NC(=O)OC(C)(C)C. The second-order valence-electron chi connectivity index (χ2n) is 8.51. The van der Waals surface area contributed by atoms with E-state index in [9.17, 15) is 14.5 Å². The van der Waals surface area contributed by atoms with Crippen LogP contribution < -0.4 is 14.8 Å². The van der Waals surface area contributed by atoms with Gasteiger partial charge < -0.3 is 24.3 Å². The van der Waals surface area contributed by atoms with Gasteiger partial charge in [-0.3, -0.25) is 0 Å². The van der Waals surface area contributed by atoms with Crippen LogP contribution in [0.1, 0.15) is 38.8 Å². The molecule has 0 aliphatic rings. The van der Waals surface area contributed by atoms with Crippen LogP contribution in [0.25, 0.3) is 11.1 Å². The van der Waals surface area contributed by atoms with Gasteiger partial charge in [-0.05, 0) is 56.5 Å². The Morgan fingerprint density at radius 3 is 2.06 bits per heavy atom. The van der Waals surface area contributed by atoms with E-state index in [4.69, 9.17) is 18.9 Å². The van der Waals surface area contributed by atoms with Crippen LogP contribution in [0.4, 0.5) is 4.79 Å². The quantitative estimate of drug-likeness (QED) is 0.396. The molecule has 1 atom stereocenters. The predicted molar refractivity (Wildman–Crippen MR) is 128 cm³/mol.